The summed E-state index contributed by atoms with van der Waals surface area (Å²) in [7, 11) is 1.18. The van der Waals surface area contributed by atoms with Gasteiger partial charge in [0, 0.05) is 22.1 Å². The summed E-state index contributed by atoms with van der Waals surface area (Å²) in [6.45, 7) is 0. The second-order valence-corrected chi connectivity index (χ2v) is 13.2. The molecule has 4 aliphatic rings. The topological polar surface area (TPSA) is 104 Å². The van der Waals surface area contributed by atoms with Gasteiger partial charge >= 0.3 is 6.36 Å². The zero-order valence-electron chi connectivity index (χ0n) is 21.5. The first-order valence-corrected chi connectivity index (χ1v) is 14.6. The summed E-state index contributed by atoms with van der Waals surface area (Å²) in [5.74, 6) is -8.13. The number of imide groups is 2. The van der Waals surface area contributed by atoms with Gasteiger partial charge in [-0.05, 0) is 83.8 Å². The van der Waals surface area contributed by atoms with Crippen molar-refractivity contribution in [3.8, 4) is 11.5 Å². The van der Waals surface area contributed by atoms with E-state index < -0.39 is 74.9 Å². The normalized spacial score (nSPS) is 32.5. The summed E-state index contributed by atoms with van der Waals surface area (Å²) >= 11 is 16.1. The van der Waals surface area contributed by atoms with Gasteiger partial charge in [-0.1, -0.05) is 11.6 Å². The molecule has 6 rings (SSSR count). The molecule has 2 aliphatic carbocycles. The van der Waals surface area contributed by atoms with Gasteiger partial charge in [0.1, 0.15) is 11.5 Å². The van der Waals surface area contributed by atoms with Crippen molar-refractivity contribution in [2.75, 3.05) is 11.9 Å². The lowest BCUT2D eigenvalue weighted by Gasteiger charge is -2.50. The number of carbonyl (C=O) groups excluding carboxylic acids is 4. The Bertz CT molecular complexity index is 1600. The van der Waals surface area contributed by atoms with Crippen LogP contribution >= 0.6 is 45.8 Å². The van der Waals surface area contributed by atoms with Crippen LogP contribution in [0.15, 0.2) is 54.1 Å². The van der Waals surface area contributed by atoms with Gasteiger partial charge in [0.05, 0.1) is 17.5 Å². The van der Waals surface area contributed by atoms with Crippen molar-refractivity contribution in [2.45, 2.75) is 34.9 Å². The molecule has 42 heavy (non-hydrogen) atoms. The molecule has 1 saturated carbocycles. The highest BCUT2D eigenvalue weighted by atomic mass is 127. The number of fused-ring (bicyclic) bond motifs is 4. The third-order valence-electron chi connectivity index (χ3n) is 8.64. The molecule has 2 saturated heterocycles. The predicted molar refractivity (Wildman–Crippen MR) is 152 cm³/mol. The summed E-state index contributed by atoms with van der Waals surface area (Å²) in [4.78, 5) is 52.0. The molecule has 6 unspecified atom stereocenters. The zero-order chi connectivity index (χ0) is 30.5. The SMILES string of the molecule is CN1C(=O)C2(Cl)CC3C(=CCC4C(=O)N(c5ccc(I)cc5)C(=O)C43)C(c3cc(OC(F)(F)F)ccc3O)C2(Cl)C1=O. The van der Waals surface area contributed by atoms with Crippen molar-refractivity contribution >= 4 is 75.1 Å². The van der Waals surface area contributed by atoms with E-state index in [2.05, 4.69) is 27.3 Å². The molecule has 0 radical (unpaired) electrons. The maximum atomic E-state index is 13.9. The number of carbonyl (C=O) groups is 4. The molecule has 14 heteroatoms. The number of hydrogen-bond acceptors (Lipinski definition) is 6. The zero-order valence-corrected chi connectivity index (χ0v) is 25.2. The number of rotatable bonds is 3. The fourth-order valence-corrected chi connectivity index (χ4v) is 8.27. The first-order valence-electron chi connectivity index (χ1n) is 12.7. The second kappa shape index (κ2) is 9.58. The first-order chi connectivity index (χ1) is 19.6. The molecule has 2 heterocycles. The number of hydrogen-bond donors (Lipinski definition) is 1. The van der Waals surface area contributed by atoms with Gasteiger partial charge in [0.25, 0.3) is 11.8 Å². The average Bonchev–Trinajstić information content (AvgIpc) is 3.25. The van der Waals surface area contributed by atoms with E-state index in [1.165, 1.54) is 7.05 Å². The quantitative estimate of drug-likeness (QED) is 0.204. The number of ether oxygens (including phenoxy) is 1. The minimum absolute atomic E-state index is 0.0537. The average molecular weight is 735 g/mol. The summed E-state index contributed by atoms with van der Waals surface area (Å²) in [5, 5.41) is 10.9. The first kappa shape index (κ1) is 29.2. The molecule has 1 N–H and O–H groups in total. The van der Waals surface area contributed by atoms with Crippen molar-refractivity contribution in [3.63, 3.8) is 0 Å². The third kappa shape index (κ3) is 4.00. The van der Waals surface area contributed by atoms with Crippen molar-refractivity contribution in [1.82, 2.24) is 4.90 Å². The van der Waals surface area contributed by atoms with Crippen molar-refractivity contribution in [1.29, 1.82) is 0 Å². The van der Waals surface area contributed by atoms with Crippen LogP contribution in [0.5, 0.6) is 11.5 Å². The monoisotopic (exact) mass is 734 g/mol. The van der Waals surface area contributed by atoms with Gasteiger partial charge in [-0.25, -0.2) is 0 Å². The maximum absolute atomic E-state index is 13.9. The van der Waals surface area contributed by atoms with Crippen LogP contribution in [0.25, 0.3) is 0 Å². The summed E-state index contributed by atoms with van der Waals surface area (Å²) in [6.07, 6.45) is -3.69. The van der Waals surface area contributed by atoms with E-state index in [0.29, 0.717) is 11.3 Å². The molecule has 2 aromatic carbocycles. The minimum Gasteiger partial charge on any atom is -0.508 e. The summed E-state index contributed by atoms with van der Waals surface area (Å²) in [5.41, 5.74) is 0.445. The van der Waals surface area contributed by atoms with E-state index >= 15 is 0 Å². The number of benzene rings is 2. The van der Waals surface area contributed by atoms with Gasteiger partial charge in [-0.3, -0.25) is 29.0 Å². The van der Waals surface area contributed by atoms with E-state index in [1.807, 2.05) is 0 Å². The lowest BCUT2D eigenvalue weighted by Crippen LogP contribution is -2.60. The Kier molecular flexibility index (Phi) is 6.67. The standard InChI is InChI=1S/C28H20Cl2F3IN2O6/c1-35-24(40)26(29)11-18-15(7-8-16-20(18)23(39)36(22(16)38)13-4-2-12(34)3-5-13)21(27(26,30)25(35)41)17-10-14(6-9-19(17)37)42-28(31,32)33/h2-7,9-10,16,18,20-21,37H,8,11H2,1H3. The van der Waals surface area contributed by atoms with Crippen LogP contribution in [0.2, 0.25) is 0 Å². The number of amides is 4. The predicted octanol–water partition coefficient (Wildman–Crippen LogP) is 5.09. The van der Waals surface area contributed by atoms with E-state index in [1.54, 1.807) is 30.3 Å². The van der Waals surface area contributed by atoms with Crippen LogP contribution < -0.4 is 9.64 Å². The Hall–Kier alpha value is -2.84. The number of likely N-dealkylation sites (tertiary alicyclic amines) is 1. The molecule has 0 bridgehead atoms. The molecule has 0 aromatic heterocycles. The lowest BCUT2D eigenvalue weighted by molar-refractivity contribution is -0.274. The number of phenols is 1. The molecule has 3 fully saturated rings. The Labute approximate surface area is 260 Å². The highest BCUT2D eigenvalue weighted by Crippen LogP contribution is 2.66. The number of nitrogens with zero attached hydrogens (tertiary/aromatic N) is 2. The van der Waals surface area contributed by atoms with Gasteiger partial charge in [0.15, 0.2) is 9.75 Å². The number of allylic oxidation sites excluding steroid dienone is 2. The Morgan fingerprint density at radius 1 is 1.00 bits per heavy atom. The third-order valence-corrected chi connectivity index (χ3v) is 10.8. The highest BCUT2D eigenvalue weighted by molar-refractivity contribution is 14.1. The highest BCUT2D eigenvalue weighted by Gasteiger charge is 2.76. The number of phenolic OH excluding ortho intramolecular Hbond substituents is 1. The van der Waals surface area contributed by atoms with Crippen LogP contribution in [0, 0.1) is 21.3 Å². The molecule has 4 amide bonds. The molecule has 6 atom stereocenters. The van der Waals surface area contributed by atoms with Crippen molar-refractivity contribution in [2.24, 2.45) is 17.8 Å². The Morgan fingerprint density at radius 3 is 2.31 bits per heavy atom. The fraction of sp³-hybridized carbons (Fsp3) is 0.357. The van der Waals surface area contributed by atoms with E-state index in [4.69, 9.17) is 23.2 Å². The van der Waals surface area contributed by atoms with Crippen LogP contribution in [-0.4, -0.2) is 56.8 Å². The number of anilines is 1. The van der Waals surface area contributed by atoms with Gasteiger partial charge in [-0.15, -0.1) is 36.4 Å². The van der Waals surface area contributed by atoms with Gasteiger partial charge < -0.3 is 9.84 Å². The van der Waals surface area contributed by atoms with Crippen LogP contribution in [0.1, 0.15) is 24.3 Å². The van der Waals surface area contributed by atoms with Gasteiger partial charge in [-0.2, -0.15) is 0 Å². The van der Waals surface area contributed by atoms with E-state index in [-0.39, 0.29) is 18.4 Å². The maximum Gasteiger partial charge on any atom is 0.573 e. The van der Waals surface area contributed by atoms with E-state index in [9.17, 15) is 37.5 Å². The summed E-state index contributed by atoms with van der Waals surface area (Å²) < 4.78 is 44.3. The number of halogens is 6. The van der Waals surface area contributed by atoms with E-state index in [0.717, 1.165) is 31.6 Å². The lowest BCUT2D eigenvalue weighted by atomic mass is 9.56. The molecular formula is C28H20Cl2F3IN2O6. The second-order valence-electron chi connectivity index (χ2n) is 10.8. The van der Waals surface area contributed by atoms with Crippen LogP contribution in [0.4, 0.5) is 18.9 Å². The number of alkyl halides is 5. The number of aromatic hydroxyl groups is 1. The largest absolute Gasteiger partial charge is 0.573 e. The molecule has 8 nitrogen and oxygen atoms in total. The molecule has 2 aromatic rings. The Morgan fingerprint density at radius 2 is 1.67 bits per heavy atom. The molecule has 2 aliphatic heterocycles. The minimum atomic E-state index is -5.06. The van der Waals surface area contributed by atoms with Crippen LogP contribution in [-0.2, 0) is 19.2 Å². The van der Waals surface area contributed by atoms with Crippen LogP contribution in [0.3, 0.4) is 0 Å². The van der Waals surface area contributed by atoms with Crippen molar-refractivity contribution < 1.29 is 42.2 Å². The van der Waals surface area contributed by atoms with Gasteiger partial charge in [0.2, 0.25) is 11.8 Å². The molecule has 220 valence electrons. The molecule has 0 spiro atoms. The van der Waals surface area contributed by atoms with Crippen molar-refractivity contribution in [3.05, 3.63) is 63.2 Å². The smallest absolute Gasteiger partial charge is 0.508 e. The molecular weight excluding hydrogens is 715 g/mol. The summed E-state index contributed by atoms with van der Waals surface area (Å²) in [6, 6.07) is 9.49. The fourth-order valence-electron chi connectivity index (χ4n) is 6.90. The Balaban J connectivity index is 1.52.